The van der Waals surface area contributed by atoms with Crippen LogP contribution in [-0.2, 0) is 18.9 Å². The number of fused-ring (bicyclic) bond motifs is 1. The maximum atomic E-state index is 10.3. The van der Waals surface area contributed by atoms with Crippen LogP contribution in [0.5, 0.6) is 0 Å². The molecular formula is C13H22O8S. The topological polar surface area (TPSA) is 121 Å². The lowest BCUT2D eigenvalue weighted by Gasteiger charge is -2.42. The summed E-state index contributed by atoms with van der Waals surface area (Å²) in [5.74, 6) is 0. The van der Waals surface area contributed by atoms with Gasteiger partial charge in [-0.15, -0.1) is 11.8 Å². The molecule has 3 heterocycles. The molecule has 9 heteroatoms. The third-order valence-electron chi connectivity index (χ3n) is 4.34. The van der Waals surface area contributed by atoms with Gasteiger partial charge in [0.1, 0.15) is 36.0 Å². The first kappa shape index (κ1) is 16.9. The lowest BCUT2D eigenvalue weighted by atomic mass is 10.0. The Morgan fingerprint density at radius 3 is 2.36 bits per heavy atom. The maximum absolute atomic E-state index is 10.3. The molecule has 0 spiro atoms. The minimum Gasteiger partial charge on any atom is -0.394 e. The summed E-state index contributed by atoms with van der Waals surface area (Å²) in [6, 6.07) is 0. The van der Waals surface area contributed by atoms with Gasteiger partial charge in [-0.1, -0.05) is 0 Å². The van der Waals surface area contributed by atoms with Crippen LogP contribution < -0.4 is 0 Å². The summed E-state index contributed by atoms with van der Waals surface area (Å²) in [5, 5.41) is 39.0. The molecule has 3 saturated heterocycles. The first-order valence-corrected chi connectivity index (χ1v) is 8.22. The van der Waals surface area contributed by atoms with Gasteiger partial charge in [-0.3, -0.25) is 0 Å². The van der Waals surface area contributed by atoms with Crippen LogP contribution in [0.1, 0.15) is 6.92 Å². The van der Waals surface area contributed by atoms with E-state index in [4.69, 9.17) is 18.9 Å². The molecule has 128 valence electrons. The van der Waals surface area contributed by atoms with Crippen LogP contribution in [0.15, 0.2) is 0 Å². The zero-order valence-electron chi connectivity index (χ0n) is 12.3. The average molecular weight is 338 g/mol. The van der Waals surface area contributed by atoms with Gasteiger partial charge in [0.25, 0.3) is 0 Å². The highest BCUT2D eigenvalue weighted by atomic mass is 32.2. The van der Waals surface area contributed by atoms with Crippen LogP contribution in [0, 0.1) is 0 Å². The molecule has 4 N–H and O–H groups in total. The maximum Gasteiger partial charge on any atom is 0.186 e. The highest BCUT2D eigenvalue weighted by Crippen LogP contribution is 2.45. The summed E-state index contributed by atoms with van der Waals surface area (Å²) >= 11 is 1.28. The number of hydrogen-bond donors (Lipinski definition) is 4. The first-order chi connectivity index (χ1) is 10.5. The van der Waals surface area contributed by atoms with Crippen molar-refractivity contribution in [3.05, 3.63) is 0 Å². The molecule has 22 heavy (non-hydrogen) atoms. The van der Waals surface area contributed by atoms with Crippen LogP contribution in [0.25, 0.3) is 0 Å². The molecule has 10 atom stereocenters. The minimum absolute atomic E-state index is 0.278. The molecule has 0 amide bonds. The van der Waals surface area contributed by atoms with Gasteiger partial charge in [0.15, 0.2) is 6.29 Å². The Balaban J connectivity index is 1.65. The van der Waals surface area contributed by atoms with Crippen molar-refractivity contribution in [1.29, 1.82) is 0 Å². The second-order valence-corrected chi connectivity index (χ2v) is 7.09. The standard InChI is InChI=1S/C13H22O8S/c1-4-11(7(16)8(17)12(18-2)19-4)22-13-10-9(21-10)6(15)5(3-14)20-13/h4-17H,3H2,1-2H3/t4-,5-,6-,7-,8-,9-,10-,11+,12+,13-/m1/s1. The van der Waals surface area contributed by atoms with Crippen molar-refractivity contribution in [3.63, 3.8) is 0 Å². The Morgan fingerprint density at radius 2 is 1.73 bits per heavy atom. The molecule has 0 bridgehead atoms. The Bertz CT molecular complexity index is 398. The normalized spacial score (nSPS) is 54.8. The number of aliphatic hydroxyl groups is 4. The largest absolute Gasteiger partial charge is 0.394 e. The van der Waals surface area contributed by atoms with Crippen LogP contribution in [-0.4, -0.2) is 93.8 Å². The molecule has 0 aliphatic carbocycles. The summed E-state index contributed by atoms with van der Waals surface area (Å²) in [5.41, 5.74) is -0.442. The van der Waals surface area contributed by atoms with Crippen LogP contribution in [0.2, 0.25) is 0 Å². The minimum atomic E-state index is -1.16. The van der Waals surface area contributed by atoms with E-state index < -0.39 is 41.4 Å². The third kappa shape index (κ3) is 2.90. The van der Waals surface area contributed by atoms with E-state index >= 15 is 0 Å². The van der Waals surface area contributed by atoms with E-state index in [1.165, 1.54) is 18.9 Å². The quantitative estimate of drug-likeness (QED) is 0.433. The third-order valence-corrected chi connectivity index (χ3v) is 5.96. The summed E-state index contributed by atoms with van der Waals surface area (Å²) in [6.45, 7) is 1.48. The van der Waals surface area contributed by atoms with Gasteiger partial charge in [0.2, 0.25) is 0 Å². The predicted octanol–water partition coefficient (Wildman–Crippen LogP) is -1.95. The van der Waals surface area contributed by atoms with Crippen molar-refractivity contribution in [2.45, 2.75) is 66.6 Å². The van der Waals surface area contributed by atoms with E-state index in [1.54, 1.807) is 6.92 Å². The van der Waals surface area contributed by atoms with Gasteiger partial charge < -0.3 is 39.4 Å². The van der Waals surface area contributed by atoms with Gasteiger partial charge in [-0.05, 0) is 6.92 Å². The lowest BCUT2D eigenvalue weighted by Crippen LogP contribution is -2.57. The molecule has 0 aromatic heterocycles. The van der Waals surface area contributed by atoms with Gasteiger partial charge in [0.05, 0.1) is 24.1 Å². The highest BCUT2D eigenvalue weighted by molar-refractivity contribution is 8.00. The monoisotopic (exact) mass is 338 g/mol. The molecule has 0 unspecified atom stereocenters. The van der Waals surface area contributed by atoms with Gasteiger partial charge in [0, 0.05) is 7.11 Å². The summed E-state index contributed by atoms with van der Waals surface area (Å²) < 4.78 is 21.6. The van der Waals surface area contributed by atoms with E-state index in [0.29, 0.717) is 0 Å². The lowest BCUT2D eigenvalue weighted by molar-refractivity contribution is -0.251. The van der Waals surface area contributed by atoms with Crippen molar-refractivity contribution in [1.82, 2.24) is 0 Å². The molecule has 0 aromatic rings. The zero-order chi connectivity index (χ0) is 16.0. The summed E-state index contributed by atoms with van der Waals surface area (Å²) in [7, 11) is 1.40. The summed E-state index contributed by atoms with van der Waals surface area (Å²) in [4.78, 5) is 0. The number of thioether (sulfide) groups is 1. The van der Waals surface area contributed by atoms with E-state index in [-0.39, 0.29) is 24.9 Å². The Hall–Kier alpha value is 0.0300. The Kier molecular flexibility index (Phi) is 4.98. The van der Waals surface area contributed by atoms with E-state index in [0.717, 1.165) is 0 Å². The molecule has 3 rings (SSSR count). The fourth-order valence-corrected chi connectivity index (χ4v) is 4.47. The van der Waals surface area contributed by atoms with Gasteiger partial charge in [-0.2, -0.15) is 0 Å². The second-order valence-electron chi connectivity index (χ2n) is 5.81. The Morgan fingerprint density at radius 1 is 1.00 bits per heavy atom. The Labute approximate surface area is 132 Å². The molecule has 8 nitrogen and oxygen atoms in total. The second kappa shape index (κ2) is 6.50. The van der Waals surface area contributed by atoms with Gasteiger partial charge in [-0.25, -0.2) is 0 Å². The zero-order valence-corrected chi connectivity index (χ0v) is 13.1. The molecule has 3 fully saturated rings. The van der Waals surface area contributed by atoms with Crippen LogP contribution in [0.3, 0.4) is 0 Å². The predicted molar refractivity (Wildman–Crippen MR) is 75.2 cm³/mol. The number of ether oxygens (including phenoxy) is 4. The highest BCUT2D eigenvalue weighted by Gasteiger charge is 2.58. The van der Waals surface area contributed by atoms with E-state index in [1.807, 2.05) is 0 Å². The molecule has 3 aliphatic heterocycles. The van der Waals surface area contributed by atoms with Crippen LogP contribution in [0.4, 0.5) is 0 Å². The molecular weight excluding hydrogens is 316 g/mol. The molecule has 3 aliphatic rings. The summed E-state index contributed by atoms with van der Waals surface area (Å²) in [6.07, 6.45) is -5.62. The number of rotatable bonds is 4. The van der Waals surface area contributed by atoms with Crippen molar-refractivity contribution in [3.8, 4) is 0 Å². The van der Waals surface area contributed by atoms with Crippen LogP contribution >= 0.6 is 11.8 Å². The average Bonchev–Trinajstić information content (AvgIpc) is 3.30. The number of aliphatic hydroxyl groups excluding tert-OH is 4. The van der Waals surface area contributed by atoms with Crippen molar-refractivity contribution in [2.75, 3.05) is 13.7 Å². The first-order valence-electron chi connectivity index (χ1n) is 7.27. The van der Waals surface area contributed by atoms with E-state index in [9.17, 15) is 20.4 Å². The smallest absolute Gasteiger partial charge is 0.186 e. The van der Waals surface area contributed by atoms with E-state index in [2.05, 4.69) is 0 Å². The van der Waals surface area contributed by atoms with Crippen molar-refractivity contribution < 1.29 is 39.4 Å². The van der Waals surface area contributed by atoms with Crippen molar-refractivity contribution >= 4 is 11.8 Å². The van der Waals surface area contributed by atoms with Crippen molar-refractivity contribution in [2.24, 2.45) is 0 Å². The van der Waals surface area contributed by atoms with Gasteiger partial charge >= 0.3 is 0 Å². The molecule has 0 radical (unpaired) electrons. The number of hydrogen-bond acceptors (Lipinski definition) is 9. The fourth-order valence-electron chi connectivity index (χ4n) is 2.98. The SMILES string of the molecule is CO[C@H]1O[C@H](C)[C@H](S[C@H]2O[C@H](CO)[C@@H](O)[C@H]3O[C@H]32)[C@H](O)[C@H]1O. The number of methoxy groups -OCH3 is 1. The molecule has 0 aromatic carbocycles. The number of epoxide rings is 1. The fraction of sp³-hybridized carbons (Fsp3) is 1.00. The molecule has 0 saturated carbocycles.